The van der Waals surface area contributed by atoms with Gasteiger partial charge in [-0.05, 0) is 19.1 Å². The van der Waals surface area contributed by atoms with Gasteiger partial charge in [-0.15, -0.1) is 0 Å². The standard InChI is InChI=1S/C17H16N4O/c1-12-7-9-14(10-8-12)18-16(22)11-15-19-17(21-20-15)13-5-3-2-4-6-13/h2-10H,11H2,1H3,(H,18,22)(H,19,20,21). The monoisotopic (exact) mass is 292 g/mol. The van der Waals surface area contributed by atoms with Crippen LogP contribution < -0.4 is 5.32 Å². The number of nitrogens with zero attached hydrogens (tertiary/aromatic N) is 2. The molecule has 3 aromatic rings. The van der Waals surface area contributed by atoms with Gasteiger partial charge >= 0.3 is 0 Å². The number of H-pyrrole nitrogens is 1. The summed E-state index contributed by atoms with van der Waals surface area (Å²) >= 11 is 0. The molecule has 0 aliphatic heterocycles. The van der Waals surface area contributed by atoms with Crippen LogP contribution in [0.4, 0.5) is 5.69 Å². The maximum atomic E-state index is 12.0. The molecule has 0 saturated carbocycles. The van der Waals surface area contributed by atoms with Crippen molar-refractivity contribution in [3.05, 3.63) is 66.0 Å². The van der Waals surface area contributed by atoms with Crippen LogP contribution in [-0.4, -0.2) is 21.1 Å². The zero-order chi connectivity index (χ0) is 15.4. The summed E-state index contributed by atoms with van der Waals surface area (Å²) in [5.41, 5.74) is 2.85. The fourth-order valence-electron chi connectivity index (χ4n) is 2.08. The average Bonchev–Trinajstić information content (AvgIpc) is 2.99. The lowest BCUT2D eigenvalue weighted by Crippen LogP contribution is -2.15. The van der Waals surface area contributed by atoms with E-state index in [1.54, 1.807) is 0 Å². The Morgan fingerprint density at radius 3 is 2.55 bits per heavy atom. The highest BCUT2D eigenvalue weighted by atomic mass is 16.1. The van der Waals surface area contributed by atoms with E-state index in [-0.39, 0.29) is 12.3 Å². The molecule has 5 heteroatoms. The molecule has 110 valence electrons. The third-order valence-corrected chi connectivity index (χ3v) is 3.23. The SMILES string of the molecule is Cc1ccc(NC(=O)Cc2nc(-c3ccccc3)n[nH]2)cc1. The minimum absolute atomic E-state index is 0.125. The van der Waals surface area contributed by atoms with E-state index in [1.165, 1.54) is 0 Å². The van der Waals surface area contributed by atoms with Crippen LogP contribution in [0.5, 0.6) is 0 Å². The van der Waals surface area contributed by atoms with Crippen molar-refractivity contribution in [2.24, 2.45) is 0 Å². The van der Waals surface area contributed by atoms with Crippen LogP contribution in [0.15, 0.2) is 54.6 Å². The fourth-order valence-corrected chi connectivity index (χ4v) is 2.08. The van der Waals surface area contributed by atoms with Crippen molar-refractivity contribution in [1.82, 2.24) is 15.2 Å². The van der Waals surface area contributed by atoms with E-state index in [4.69, 9.17) is 0 Å². The highest BCUT2D eigenvalue weighted by Crippen LogP contribution is 2.14. The molecule has 2 aromatic carbocycles. The molecule has 1 aromatic heterocycles. The van der Waals surface area contributed by atoms with Gasteiger partial charge in [-0.25, -0.2) is 4.98 Å². The zero-order valence-corrected chi connectivity index (χ0v) is 12.2. The zero-order valence-electron chi connectivity index (χ0n) is 12.2. The first-order valence-electron chi connectivity index (χ1n) is 7.04. The normalized spacial score (nSPS) is 10.4. The Balaban J connectivity index is 1.65. The van der Waals surface area contributed by atoms with E-state index < -0.39 is 0 Å². The fraction of sp³-hybridized carbons (Fsp3) is 0.118. The molecule has 0 spiro atoms. The van der Waals surface area contributed by atoms with Crippen LogP contribution >= 0.6 is 0 Å². The van der Waals surface area contributed by atoms with Crippen molar-refractivity contribution >= 4 is 11.6 Å². The van der Waals surface area contributed by atoms with Gasteiger partial charge in [-0.3, -0.25) is 9.89 Å². The number of amides is 1. The topological polar surface area (TPSA) is 70.7 Å². The number of aromatic amines is 1. The number of rotatable bonds is 4. The quantitative estimate of drug-likeness (QED) is 0.776. The highest BCUT2D eigenvalue weighted by Gasteiger charge is 2.10. The molecule has 0 aliphatic carbocycles. The first kappa shape index (κ1) is 14.0. The van der Waals surface area contributed by atoms with Gasteiger partial charge < -0.3 is 5.32 Å². The number of hydrogen-bond donors (Lipinski definition) is 2. The molecule has 22 heavy (non-hydrogen) atoms. The lowest BCUT2D eigenvalue weighted by Gasteiger charge is -2.03. The molecule has 2 N–H and O–H groups in total. The Kier molecular flexibility index (Phi) is 3.96. The van der Waals surface area contributed by atoms with Gasteiger partial charge in [-0.2, -0.15) is 5.10 Å². The minimum atomic E-state index is -0.125. The first-order chi connectivity index (χ1) is 10.7. The van der Waals surface area contributed by atoms with E-state index in [1.807, 2.05) is 61.5 Å². The van der Waals surface area contributed by atoms with Gasteiger partial charge in [-0.1, -0.05) is 48.0 Å². The average molecular weight is 292 g/mol. The molecule has 5 nitrogen and oxygen atoms in total. The van der Waals surface area contributed by atoms with Crippen molar-refractivity contribution < 1.29 is 4.79 Å². The predicted molar refractivity (Wildman–Crippen MR) is 85.3 cm³/mol. The largest absolute Gasteiger partial charge is 0.326 e. The number of anilines is 1. The van der Waals surface area contributed by atoms with E-state index >= 15 is 0 Å². The van der Waals surface area contributed by atoms with Gasteiger partial charge in [0.2, 0.25) is 5.91 Å². The number of nitrogens with one attached hydrogen (secondary N) is 2. The Labute approximate surface area is 128 Å². The number of carbonyl (C=O) groups excluding carboxylic acids is 1. The van der Waals surface area contributed by atoms with Crippen LogP contribution in [-0.2, 0) is 11.2 Å². The maximum Gasteiger partial charge on any atom is 0.232 e. The molecule has 0 bridgehead atoms. The molecule has 1 heterocycles. The Bertz CT molecular complexity index is 763. The molecular weight excluding hydrogens is 276 g/mol. The summed E-state index contributed by atoms with van der Waals surface area (Å²) in [6.07, 6.45) is 0.160. The van der Waals surface area contributed by atoms with E-state index in [0.29, 0.717) is 11.6 Å². The van der Waals surface area contributed by atoms with Crippen LogP contribution in [0.25, 0.3) is 11.4 Å². The van der Waals surface area contributed by atoms with Gasteiger partial charge in [0, 0.05) is 11.3 Å². The minimum Gasteiger partial charge on any atom is -0.326 e. The summed E-state index contributed by atoms with van der Waals surface area (Å²) in [4.78, 5) is 16.4. The van der Waals surface area contributed by atoms with Gasteiger partial charge in [0.05, 0.1) is 6.42 Å². The number of carbonyl (C=O) groups is 1. The number of aryl methyl sites for hydroxylation is 1. The molecule has 0 fully saturated rings. The van der Waals surface area contributed by atoms with E-state index in [0.717, 1.165) is 16.8 Å². The third kappa shape index (κ3) is 3.38. The van der Waals surface area contributed by atoms with Gasteiger partial charge in [0.15, 0.2) is 5.82 Å². The molecule has 0 unspecified atom stereocenters. The van der Waals surface area contributed by atoms with Crippen molar-refractivity contribution in [3.8, 4) is 11.4 Å². The predicted octanol–water partition coefficient (Wildman–Crippen LogP) is 2.96. The summed E-state index contributed by atoms with van der Waals surface area (Å²) < 4.78 is 0. The second-order valence-electron chi connectivity index (χ2n) is 5.06. The van der Waals surface area contributed by atoms with Gasteiger partial charge in [0.25, 0.3) is 0 Å². The molecular formula is C17H16N4O. The van der Waals surface area contributed by atoms with E-state index in [9.17, 15) is 4.79 Å². The number of aromatic nitrogens is 3. The first-order valence-corrected chi connectivity index (χ1v) is 7.04. The summed E-state index contributed by atoms with van der Waals surface area (Å²) in [6, 6.07) is 17.3. The second kappa shape index (κ2) is 6.22. The number of hydrogen-bond acceptors (Lipinski definition) is 3. The summed E-state index contributed by atoms with van der Waals surface area (Å²) in [5.74, 6) is 1.02. The van der Waals surface area contributed by atoms with Crippen molar-refractivity contribution in [2.45, 2.75) is 13.3 Å². The lowest BCUT2D eigenvalue weighted by molar-refractivity contribution is -0.115. The maximum absolute atomic E-state index is 12.0. The number of benzene rings is 2. The highest BCUT2D eigenvalue weighted by molar-refractivity contribution is 5.91. The summed E-state index contributed by atoms with van der Waals surface area (Å²) in [6.45, 7) is 2.01. The summed E-state index contributed by atoms with van der Waals surface area (Å²) in [5, 5.41) is 9.79. The molecule has 0 atom stereocenters. The Morgan fingerprint density at radius 1 is 1.09 bits per heavy atom. The van der Waals surface area contributed by atoms with Crippen molar-refractivity contribution in [1.29, 1.82) is 0 Å². The van der Waals surface area contributed by atoms with Gasteiger partial charge in [0.1, 0.15) is 5.82 Å². The molecule has 1 amide bonds. The van der Waals surface area contributed by atoms with Crippen LogP contribution in [0.2, 0.25) is 0 Å². The third-order valence-electron chi connectivity index (χ3n) is 3.23. The molecule has 0 aliphatic rings. The van der Waals surface area contributed by atoms with Crippen molar-refractivity contribution in [2.75, 3.05) is 5.32 Å². The lowest BCUT2D eigenvalue weighted by atomic mass is 10.2. The Morgan fingerprint density at radius 2 is 1.82 bits per heavy atom. The second-order valence-corrected chi connectivity index (χ2v) is 5.06. The summed E-state index contributed by atoms with van der Waals surface area (Å²) in [7, 11) is 0. The van der Waals surface area contributed by atoms with Crippen LogP contribution in [0, 0.1) is 6.92 Å². The Hall–Kier alpha value is -2.95. The molecule has 3 rings (SSSR count). The smallest absolute Gasteiger partial charge is 0.232 e. The molecule has 0 radical (unpaired) electrons. The van der Waals surface area contributed by atoms with Crippen molar-refractivity contribution in [3.63, 3.8) is 0 Å². The van der Waals surface area contributed by atoms with Crippen LogP contribution in [0.1, 0.15) is 11.4 Å². The van der Waals surface area contributed by atoms with E-state index in [2.05, 4.69) is 20.5 Å². The van der Waals surface area contributed by atoms with Crippen LogP contribution in [0.3, 0.4) is 0 Å². The molecule has 0 saturated heterocycles.